The molecule has 0 aliphatic carbocycles. The van der Waals surface area contributed by atoms with Gasteiger partial charge in [0.15, 0.2) is 0 Å². The van der Waals surface area contributed by atoms with Gasteiger partial charge in [-0.1, -0.05) is 26.8 Å². The van der Waals surface area contributed by atoms with E-state index < -0.39 is 17.7 Å². The molecule has 2 unspecified atom stereocenters. The third-order valence-electron chi connectivity index (χ3n) is 3.22. The first-order chi connectivity index (χ1) is 9.36. The molecular formula is C15H22F2N2O. The molecule has 1 rings (SSSR count). The number of hydrogen-bond donors (Lipinski definition) is 2. The molecule has 0 aliphatic heterocycles. The van der Waals surface area contributed by atoms with E-state index in [-0.39, 0.29) is 17.7 Å². The van der Waals surface area contributed by atoms with Gasteiger partial charge in [0, 0.05) is 24.1 Å². The summed E-state index contributed by atoms with van der Waals surface area (Å²) in [7, 11) is 1.77. The Morgan fingerprint density at radius 2 is 1.90 bits per heavy atom. The van der Waals surface area contributed by atoms with Crippen molar-refractivity contribution in [1.82, 2.24) is 10.6 Å². The Balaban J connectivity index is 2.92. The summed E-state index contributed by atoms with van der Waals surface area (Å²) in [5.41, 5.74) is 0.311. The molecule has 1 aromatic carbocycles. The molecule has 0 fully saturated rings. The smallest absolute Gasteiger partial charge is 0.224 e. The summed E-state index contributed by atoms with van der Waals surface area (Å²) in [4.78, 5) is 12.1. The van der Waals surface area contributed by atoms with Crippen LogP contribution in [0.4, 0.5) is 8.78 Å². The third kappa shape index (κ3) is 4.27. The number of carbonyl (C=O) groups is 1. The molecule has 0 aliphatic rings. The summed E-state index contributed by atoms with van der Waals surface area (Å²) in [6, 6.07) is 2.96. The standard InChI is InChI=1S/C15H22F2N2O/c1-9(2)14(19-15(20)10(3)8-18-4)12-6-5-11(16)7-13(12)17/h5-7,9-10,14,18H,8H2,1-4H3,(H,19,20). The number of rotatable bonds is 6. The van der Waals surface area contributed by atoms with Gasteiger partial charge in [0.2, 0.25) is 5.91 Å². The van der Waals surface area contributed by atoms with Crippen molar-refractivity contribution >= 4 is 5.91 Å². The van der Waals surface area contributed by atoms with Crippen LogP contribution in [-0.2, 0) is 4.79 Å². The summed E-state index contributed by atoms with van der Waals surface area (Å²) >= 11 is 0. The van der Waals surface area contributed by atoms with E-state index in [4.69, 9.17) is 0 Å². The summed E-state index contributed by atoms with van der Waals surface area (Å²) in [6.45, 7) is 6.11. The molecule has 0 radical (unpaired) electrons. The van der Waals surface area contributed by atoms with Crippen molar-refractivity contribution in [2.45, 2.75) is 26.8 Å². The molecule has 0 spiro atoms. The average Bonchev–Trinajstić information content (AvgIpc) is 2.36. The molecule has 0 heterocycles. The van der Waals surface area contributed by atoms with Gasteiger partial charge < -0.3 is 10.6 Å². The van der Waals surface area contributed by atoms with Crippen LogP contribution in [0.25, 0.3) is 0 Å². The van der Waals surface area contributed by atoms with Gasteiger partial charge in [-0.25, -0.2) is 8.78 Å². The molecule has 1 amide bonds. The molecule has 0 saturated carbocycles. The lowest BCUT2D eigenvalue weighted by molar-refractivity contribution is -0.125. The van der Waals surface area contributed by atoms with E-state index in [9.17, 15) is 13.6 Å². The van der Waals surface area contributed by atoms with Crippen LogP contribution in [0, 0.1) is 23.5 Å². The molecule has 2 atom stereocenters. The van der Waals surface area contributed by atoms with Crippen LogP contribution in [0.3, 0.4) is 0 Å². The largest absolute Gasteiger partial charge is 0.349 e. The van der Waals surface area contributed by atoms with Crippen molar-refractivity contribution in [2.24, 2.45) is 11.8 Å². The lowest BCUT2D eigenvalue weighted by Gasteiger charge is -2.25. The van der Waals surface area contributed by atoms with E-state index >= 15 is 0 Å². The van der Waals surface area contributed by atoms with Gasteiger partial charge in [-0.3, -0.25) is 4.79 Å². The first-order valence-corrected chi connectivity index (χ1v) is 6.76. The fourth-order valence-corrected chi connectivity index (χ4v) is 2.05. The fraction of sp³-hybridized carbons (Fsp3) is 0.533. The van der Waals surface area contributed by atoms with Gasteiger partial charge in [-0.2, -0.15) is 0 Å². The summed E-state index contributed by atoms with van der Waals surface area (Å²) < 4.78 is 26.8. The van der Waals surface area contributed by atoms with Crippen molar-refractivity contribution < 1.29 is 13.6 Å². The second kappa shape index (κ2) is 7.33. The number of carbonyl (C=O) groups excluding carboxylic acids is 1. The van der Waals surface area contributed by atoms with Crippen LogP contribution in [-0.4, -0.2) is 19.5 Å². The molecule has 1 aromatic rings. The number of amides is 1. The predicted molar refractivity (Wildman–Crippen MR) is 75.2 cm³/mol. The highest BCUT2D eigenvalue weighted by Gasteiger charge is 2.23. The Labute approximate surface area is 118 Å². The number of nitrogens with one attached hydrogen (secondary N) is 2. The zero-order valence-electron chi connectivity index (χ0n) is 12.3. The Hall–Kier alpha value is -1.49. The van der Waals surface area contributed by atoms with Gasteiger partial charge in [0.1, 0.15) is 11.6 Å². The van der Waals surface area contributed by atoms with Crippen LogP contribution >= 0.6 is 0 Å². The Bertz CT molecular complexity index is 463. The quantitative estimate of drug-likeness (QED) is 0.843. The molecule has 0 saturated heterocycles. The molecule has 3 nitrogen and oxygen atoms in total. The zero-order valence-corrected chi connectivity index (χ0v) is 12.3. The van der Waals surface area contributed by atoms with Crippen LogP contribution in [0.5, 0.6) is 0 Å². The highest BCUT2D eigenvalue weighted by atomic mass is 19.1. The maximum Gasteiger partial charge on any atom is 0.224 e. The second-order valence-electron chi connectivity index (χ2n) is 5.35. The molecule has 112 valence electrons. The molecule has 0 bridgehead atoms. The van der Waals surface area contributed by atoms with E-state index in [1.165, 1.54) is 12.1 Å². The minimum absolute atomic E-state index is 0.000645. The van der Waals surface area contributed by atoms with E-state index in [2.05, 4.69) is 10.6 Å². The maximum atomic E-state index is 13.9. The highest BCUT2D eigenvalue weighted by molar-refractivity contribution is 5.79. The van der Waals surface area contributed by atoms with Gasteiger partial charge in [-0.15, -0.1) is 0 Å². The number of hydrogen-bond acceptors (Lipinski definition) is 2. The van der Waals surface area contributed by atoms with E-state index in [1.54, 1.807) is 14.0 Å². The number of halogens is 2. The lowest BCUT2D eigenvalue weighted by Crippen LogP contribution is -2.38. The summed E-state index contributed by atoms with van der Waals surface area (Å²) in [5.74, 6) is -1.62. The van der Waals surface area contributed by atoms with Crippen molar-refractivity contribution in [1.29, 1.82) is 0 Å². The van der Waals surface area contributed by atoms with Crippen molar-refractivity contribution in [3.8, 4) is 0 Å². The summed E-state index contributed by atoms with van der Waals surface area (Å²) in [5, 5.41) is 5.76. The van der Waals surface area contributed by atoms with E-state index in [0.717, 1.165) is 6.07 Å². The van der Waals surface area contributed by atoms with Crippen LogP contribution in [0.15, 0.2) is 18.2 Å². The fourth-order valence-electron chi connectivity index (χ4n) is 2.05. The Morgan fingerprint density at radius 1 is 1.25 bits per heavy atom. The van der Waals surface area contributed by atoms with Gasteiger partial charge >= 0.3 is 0 Å². The SMILES string of the molecule is CNCC(C)C(=O)NC(c1ccc(F)cc1F)C(C)C. The highest BCUT2D eigenvalue weighted by Crippen LogP contribution is 2.25. The molecule has 0 aromatic heterocycles. The molecular weight excluding hydrogens is 262 g/mol. The van der Waals surface area contributed by atoms with Crippen molar-refractivity contribution in [2.75, 3.05) is 13.6 Å². The first-order valence-electron chi connectivity index (χ1n) is 6.76. The van der Waals surface area contributed by atoms with Gasteiger partial charge in [0.25, 0.3) is 0 Å². The minimum Gasteiger partial charge on any atom is -0.349 e. The third-order valence-corrected chi connectivity index (χ3v) is 3.22. The maximum absolute atomic E-state index is 13.9. The molecule has 20 heavy (non-hydrogen) atoms. The molecule has 5 heteroatoms. The Kier molecular flexibility index (Phi) is 6.07. The van der Waals surface area contributed by atoms with Crippen LogP contribution < -0.4 is 10.6 Å². The van der Waals surface area contributed by atoms with Gasteiger partial charge in [-0.05, 0) is 19.0 Å². The van der Waals surface area contributed by atoms with Crippen molar-refractivity contribution in [3.63, 3.8) is 0 Å². The summed E-state index contributed by atoms with van der Waals surface area (Å²) in [6.07, 6.45) is 0. The first kappa shape index (κ1) is 16.6. The Morgan fingerprint density at radius 3 is 2.40 bits per heavy atom. The monoisotopic (exact) mass is 284 g/mol. The number of benzene rings is 1. The van der Waals surface area contributed by atoms with Crippen LogP contribution in [0.1, 0.15) is 32.4 Å². The minimum atomic E-state index is -0.634. The van der Waals surface area contributed by atoms with E-state index in [1.807, 2.05) is 13.8 Å². The normalized spacial score (nSPS) is 14.2. The average molecular weight is 284 g/mol. The zero-order chi connectivity index (χ0) is 15.3. The predicted octanol–water partition coefficient (Wildman–Crippen LogP) is 2.63. The molecule has 2 N–H and O–H groups in total. The topological polar surface area (TPSA) is 41.1 Å². The second-order valence-corrected chi connectivity index (χ2v) is 5.35. The van der Waals surface area contributed by atoms with Gasteiger partial charge in [0.05, 0.1) is 6.04 Å². The van der Waals surface area contributed by atoms with Crippen molar-refractivity contribution in [3.05, 3.63) is 35.4 Å². The van der Waals surface area contributed by atoms with E-state index in [0.29, 0.717) is 12.1 Å². The van der Waals surface area contributed by atoms with Crippen LogP contribution in [0.2, 0.25) is 0 Å². The lowest BCUT2D eigenvalue weighted by atomic mass is 9.94.